The van der Waals surface area contributed by atoms with Crippen LogP contribution in [-0.4, -0.2) is 23.5 Å². The van der Waals surface area contributed by atoms with Gasteiger partial charge in [0, 0.05) is 49.5 Å². The molecule has 1 aromatic heterocycles. The Morgan fingerprint density at radius 2 is 1.90 bits per heavy atom. The van der Waals surface area contributed by atoms with Gasteiger partial charge >= 0.3 is 0 Å². The number of pyridine rings is 1. The van der Waals surface area contributed by atoms with Gasteiger partial charge in [-0.05, 0) is 30.2 Å². The fraction of sp³-hybridized carbons (Fsp3) is 0.214. The molecule has 20 heavy (non-hydrogen) atoms. The molecule has 2 rings (SSSR count). The van der Waals surface area contributed by atoms with Crippen molar-refractivity contribution < 1.29 is 4.92 Å². The molecular formula is C14H16N4O2. The Kier molecular flexibility index (Phi) is 4.49. The molecule has 0 amide bonds. The monoisotopic (exact) mass is 272 g/mol. The topological polar surface area (TPSA) is 80.1 Å². The number of nitro benzene ring substituents is 1. The van der Waals surface area contributed by atoms with Crippen LogP contribution in [0.2, 0.25) is 0 Å². The molecule has 0 atom stereocenters. The summed E-state index contributed by atoms with van der Waals surface area (Å²) in [5.74, 6) is 0. The van der Waals surface area contributed by atoms with Crippen LogP contribution in [0.5, 0.6) is 0 Å². The van der Waals surface area contributed by atoms with Crippen LogP contribution >= 0.6 is 0 Å². The Morgan fingerprint density at radius 3 is 2.55 bits per heavy atom. The largest absolute Gasteiger partial charge is 0.388 e. The molecule has 6 heteroatoms. The molecule has 104 valence electrons. The van der Waals surface area contributed by atoms with Gasteiger partial charge in [-0.15, -0.1) is 0 Å². The van der Waals surface area contributed by atoms with Gasteiger partial charge < -0.3 is 10.6 Å². The maximum absolute atomic E-state index is 10.9. The minimum atomic E-state index is -0.394. The van der Waals surface area contributed by atoms with Gasteiger partial charge in [0.15, 0.2) is 0 Å². The lowest BCUT2D eigenvalue weighted by Crippen LogP contribution is -2.06. The van der Waals surface area contributed by atoms with Crippen molar-refractivity contribution >= 4 is 17.1 Å². The summed E-state index contributed by atoms with van der Waals surface area (Å²) in [5.41, 5.74) is 2.69. The van der Waals surface area contributed by atoms with E-state index in [4.69, 9.17) is 0 Å². The molecule has 0 saturated heterocycles. The second kappa shape index (κ2) is 6.51. The minimum absolute atomic E-state index is 0.0725. The average molecular weight is 272 g/mol. The Morgan fingerprint density at radius 1 is 1.20 bits per heavy atom. The first kappa shape index (κ1) is 13.8. The second-order valence-corrected chi connectivity index (χ2v) is 4.31. The number of nitro groups is 1. The van der Waals surface area contributed by atoms with Crippen LogP contribution in [0.1, 0.15) is 5.56 Å². The molecule has 6 nitrogen and oxygen atoms in total. The summed E-state index contributed by atoms with van der Waals surface area (Å²) < 4.78 is 0. The zero-order valence-electron chi connectivity index (χ0n) is 11.2. The van der Waals surface area contributed by atoms with E-state index < -0.39 is 4.92 Å². The van der Waals surface area contributed by atoms with Crippen molar-refractivity contribution in [2.24, 2.45) is 0 Å². The highest BCUT2D eigenvalue weighted by atomic mass is 16.6. The Labute approximate surface area is 117 Å². The van der Waals surface area contributed by atoms with E-state index in [9.17, 15) is 10.1 Å². The fourth-order valence-corrected chi connectivity index (χ4v) is 1.86. The predicted octanol–water partition coefficient (Wildman–Crippen LogP) is 2.69. The number of non-ortho nitro benzene ring substituents is 1. The van der Waals surface area contributed by atoms with Crippen LogP contribution < -0.4 is 10.6 Å². The minimum Gasteiger partial charge on any atom is -0.388 e. The van der Waals surface area contributed by atoms with Crippen molar-refractivity contribution in [1.82, 2.24) is 4.98 Å². The summed E-state index contributed by atoms with van der Waals surface area (Å²) >= 11 is 0. The molecule has 0 aliphatic rings. The first-order valence-corrected chi connectivity index (χ1v) is 6.29. The highest BCUT2D eigenvalue weighted by Gasteiger charge is 2.08. The third-order valence-corrected chi connectivity index (χ3v) is 2.91. The van der Waals surface area contributed by atoms with Crippen molar-refractivity contribution in [3.8, 4) is 0 Å². The lowest BCUT2D eigenvalue weighted by molar-refractivity contribution is -0.384. The first-order chi connectivity index (χ1) is 9.69. The number of rotatable bonds is 6. The zero-order valence-corrected chi connectivity index (χ0v) is 11.2. The lowest BCUT2D eigenvalue weighted by Gasteiger charge is -2.08. The van der Waals surface area contributed by atoms with Gasteiger partial charge in [0.2, 0.25) is 0 Å². The molecule has 0 radical (unpaired) electrons. The molecule has 2 aromatic rings. The average Bonchev–Trinajstić information content (AvgIpc) is 2.48. The Hall–Kier alpha value is -2.63. The van der Waals surface area contributed by atoms with E-state index in [1.54, 1.807) is 19.4 Å². The number of nitrogens with zero attached hydrogens (tertiary/aromatic N) is 2. The van der Waals surface area contributed by atoms with Gasteiger partial charge in [-0.25, -0.2) is 0 Å². The molecule has 1 aromatic carbocycles. The van der Waals surface area contributed by atoms with Crippen molar-refractivity contribution in [2.45, 2.75) is 6.42 Å². The van der Waals surface area contributed by atoms with E-state index in [2.05, 4.69) is 15.6 Å². The number of nitrogens with one attached hydrogen (secondary N) is 2. The molecule has 0 spiro atoms. The maximum Gasteiger partial charge on any atom is 0.273 e. The van der Waals surface area contributed by atoms with Crippen LogP contribution in [-0.2, 0) is 6.42 Å². The predicted molar refractivity (Wildman–Crippen MR) is 79.1 cm³/mol. The van der Waals surface area contributed by atoms with Crippen LogP contribution in [0.3, 0.4) is 0 Å². The maximum atomic E-state index is 10.9. The molecule has 0 aliphatic carbocycles. The van der Waals surface area contributed by atoms with Gasteiger partial charge in [0.25, 0.3) is 5.69 Å². The summed E-state index contributed by atoms with van der Waals surface area (Å²) in [5, 5.41) is 17.0. The molecule has 0 bridgehead atoms. The van der Waals surface area contributed by atoms with Crippen molar-refractivity contribution in [2.75, 3.05) is 24.2 Å². The number of anilines is 2. The van der Waals surface area contributed by atoms with E-state index in [1.807, 2.05) is 18.2 Å². The van der Waals surface area contributed by atoms with Gasteiger partial charge in [-0.1, -0.05) is 0 Å². The molecule has 0 aliphatic heterocycles. The van der Waals surface area contributed by atoms with Gasteiger partial charge in [-0.3, -0.25) is 15.1 Å². The molecule has 0 saturated carbocycles. The van der Waals surface area contributed by atoms with Gasteiger partial charge in [-0.2, -0.15) is 0 Å². The summed E-state index contributed by atoms with van der Waals surface area (Å²) in [6.07, 6.45) is 4.34. The number of benzene rings is 1. The molecule has 0 unspecified atom stereocenters. The van der Waals surface area contributed by atoms with Crippen molar-refractivity contribution in [3.05, 3.63) is 58.4 Å². The Bertz CT molecular complexity index is 587. The van der Waals surface area contributed by atoms with Crippen LogP contribution in [0.15, 0.2) is 42.7 Å². The Balaban J connectivity index is 2.02. The van der Waals surface area contributed by atoms with Gasteiger partial charge in [0.05, 0.1) is 4.92 Å². The first-order valence-electron chi connectivity index (χ1n) is 6.29. The van der Waals surface area contributed by atoms with E-state index in [0.717, 1.165) is 12.1 Å². The molecular weight excluding hydrogens is 256 g/mol. The number of hydrogen-bond acceptors (Lipinski definition) is 5. The third kappa shape index (κ3) is 3.68. The van der Waals surface area contributed by atoms with Crippen LogP contribution in [0, 0.1) is 10.1 Å². The zero-order chi connectivity index (χ0) is 14.4. The van der Waals surface area contributed by atoms with Crippen LogP contribution in [0.4, 0.5) is 17.1 Å². The standard InChI is InChI=1S/C14H16N4O2/c1-15-12-8-13(10-14(9-12)18(19)20)17-7-4-11-2-5-16-6-3-11/h2-3,5-6,8-10,15,17H,4,7H2,1H3. The SMILES string of the molecule is CNc1cc(NCCc2ccncc2)cc([N+](=O)[O-])c1. The summed E-state index contributed by atoms with van der Waals surface area (Å²) in [6, 6.07) is 8.79. The van der Waals surface area contributed by atoms with E-state index in [0.29, 0.717) is 12.2 Å². The number of hydrogen-bond donors (Lipinski definition) is 2. The molecule has 2 N–H and O–H groups in total. The number of aromatic nitrogens is 1. The molecule has 1 heterocycles. The van der Waals surface area contributed by atoms with E-state index in [-0.39, 0.29) is 5.69 Å². The van der Waals surface area contributed by atoms with Crippen molar-refractivity contribution in [1.29, 1.82) is 0 Å². The fourth-order valence-electron chi connectivity index (χ4n) is 1.86. The molecule has 0 fully saturated rings. The van der Waals surface area contributed by atoms with Crippen molar-refractivity contribution in [3.63, 3.8) is 0 Å². The van der Waals surface area contributed by atoms with E-state index >= 15 is 0 Å². The van der Waals surface area contributed by atoms with Crippen LogP contribution in [0.25, 0.3) is 0 Å². The normalized spacial score (nSPS) is 10.1. The van der Waals surface area contributed by atoms with E-state index in [1.165, 1.54) is 17.7 Å². The highest BCUT2D eigenvalue weighted by molar-refractivity contribution is 5.63. The summed E-state index contributed by atoms with van der Waals surface area (Å²) in [7, 11) is 1.74. The second-order valence-electron chi connectivity index (χ2n) is 4.31. The van der Waals surface area contributed by atoms with Gasteiger partial charge in [0.1, 0.15) is 0 Å². The third-order valence-electron chi connectivity index (χ3n) is 2.91. The summed E-state index contributed by atoms with van der Waals surface area (Å²) in [6.45, 7) is 0.703. The highest BCUT2D eigenvalue weighted by Crippen LogP contribution is 2.23. The lowest BCUT2D eigenvalue weighted by atomic mass is 10.2. The smallest absolute Gasteiger partial charge is 0.273 e. The quantitative estimate of drug-likeness (QED) is 0.624. The summed E-state index contributed by atoms with van der Waals surface area (Å²) in [4.78, 5) is 14.4.